The highest BCUT2D eigenvalue weighted by molar-refractivity contribution is 6.13. The van der Waals surface area contributed by atoms with Gasteiger partial charge in [0.05, 0.1) is 18.9 Å². The van der Waals surface area contributed by atoms with Gasteiger partial charge in [0.15, 0.2) is 6.29 Å². The van der Waals surface area contributed by atoms with Crippen LogP contribution in [0, 0.1) is 0 Å². The number of nitrogens with two attached hydrogens (primary N) is 1. The molecule has 0 spiro atoms. The van der Waals surface area contributed by atoms with Gasteiger partial charge in [0, 0.05) is 16.7 Å². The number of ether oxygens (including phenoxy) is 2. The molecule has 0 radical (unpaired) electrons. The molecule has 2 N–H and O–H groups in total. The van der Waals surface area contributed by atoms with Crippen LogP contribution in [0.3, 0.4) is 0 Å². The monoisotopic (exact) mass is 344 g/mol. The lowest BCUT2D eigenvalue weighted by Gasteiger charge is -2.16. The van der Waals surface area contributed by atoms with Gasteiger partial charge in [0.2, 0.25) is 0 Å². The van der Waals surface area contributed by atoms with Gasteiger partial charge in [-0.1, -0.05) is 78.9 Å². The third-order valence-corrected chi connectivity index (χ3v) is 4.49. The van der Waals surface area contributed by atoms with E-state index in [1.165, 1.54) is 5.56 Å². The summed E-state index contributed by atoms with van der Waals surface area (Å²) in [7, 11) is 0. The summed E-state index contributed by atoms with van der Waals surface area (Å²) < 4.78 is 11.3. The molecular weight excluding hydrogens is 324 g/mol. The second-order valence-corrected chi connectivity index (χ2v) is 6.08. The van der Waals surface area contributed by atoms with Crippen molar-refractivity contribution in [2.75, 3.05) is 13.2 Å². The number of hydrogen-bond acceptors (Lipinski definition) is 4. The van der Waals surface area contributed by atoms with Gasteiger partial charge in [-0.3, -0.25) is 0 Å². The van der Waals surface area contributed by atoms with Crippen LogP contribution in [-0.4, -0.2) is 18.9 Å². The highest BCUT2D eigenvalue weighted by Gasteiger charge is 2.23. The van der Waals surface area contributed by atoms with Crippen molar-refractivity contribution in [3.63, 3.8) is 0 Å². The molecule has 1 heterocycles. The van der Waals surface area contributed by atoms with E-state index in [9.17, 15) is 0 Å². The van der Waals surface area contributed by atoms with E-state index in [0.29, 0.717) is 13.2 Å². The largest absolute Gasteiger partial charge is 0.346 e. The van der Waals surface area contributed by atoms with Gasteiger partial charge < -0.3 is 15.3 Å². The van der Waals surface area contributed by atoms with E-state index in [-0.39, 0.29) is 6.29 Å². The Morgan fingerprint density at radius 1 is 0.769 bits per heavy atom. The van der Waals surface area contributed by atoms with Crippen LogP contribution in [-0.2, 0) is 9.47 Å². The van der Waals surface area contributed by atoms with Crippen molar-refractivity contribution in [2.24, 2.45) is 10.9 Å². The number of hydrogen-bond donors (Lipinski definition) is 1. The summed E-state index contributed by atoms with van der Waals surface area (Å²) in [5.74, 6) is 5.76. The standard InChI is InChI=1S/C22H20N2O2/c23-24-21(19-8-4-5-9-20(19)22-25-14-15-26-22)18-12-10-17(11-13-18)16-6-2-1-3-7-16/h1-13,22H,14-15,23H2/b24-21+. The molecule has 0 atom stereocenters. The molecule has 1 fully saturated rings. The molecule has 0 unspecified atom stereocenters. The van der Waals surface area contributed by atoms with Gasteiger partial charge >= 0.3 is 0 Å². The minimum absolute atomic E-state index is 0.369. The highest BCUT2D eigenvalue weighted by atomic mass is 16.7. The molecule has 4 heteroatoms. The molecule has 26 heavy (non-hydrogen) atoms. The first-order valence-corrected chi connectivity index (χ1v) is 8.63. The normalized spacial score (nSPS) is 15.3. The van der Waals surface area contributed by atoms with Crippen LogP contribution in [0.1, 0.15) is 23.0 Å². The Labute approximate surface area is 152 Å². The molecule has 4 nitrogen and oxygen atoms in total. The zero-order valence-corrected chi connectivity index (χ0v) is 14.3. The Morgan fingerprint density at radius 2 is 1.38 bits per heavy atom. The summed E-state index contributed by atoms with van der Waals surface area (Å²) >= 11 is 0. The second-order valence-electron chi connectivity index (χ2n) is 6.08. The van der Waals surface area contributed by atoms with Crippen molar-refractivity contribution in [2.45, 2.75) is 6.29 Å². The summed E-state index contributed by atoms with van der Waals surface area (Å²) in [6, 6.07) is 26.5. The van der Waals surface area contributed by atoms with Crippen molar-refractivity contribution < 1.29 is 9.47 Å². The average Bonchev–Trinajstić information content (AvgIpc) is 3.25. The fourth-order valence-electron chi connectivity index (χ4n) is 3.21. The van der Waals surface area contributed by atoms with Gasteiger partial charge in [-0.2, -0.15) is 5.10 Å². The zero-order chi connectivity index (χ0) is 17.8. The topological polar surface area (TPSA) is 56.8 Å². The average molecular weight is 344 g/mol. The van der Waals surface area contributed by atoms with E-state index in [1.807, 2.05) is 54.6 Å². The molecule has 0 aliphatic carbocycles. The molecule has 0 saturated carbocycles. The number of nitrogens with zero attached hydrogens (tertiary/aromatic N) is 1. The Hall–Kier alpha value is -2.95. The molecule has 3 aromatic carbocycles. The summed E-state index contributed by atoms with van der Waals surface area (Å²) in [5.41, 5.74) is 5.88. The second kappa shape index (κ2) is 7.52. The van der Waals surface area contributed by atoms with E-state index in [2.05, 4.69) is 29.4 Å². The SMILES string of the molecule is N/N=C(\c1ccc(-c2ccccc2)cc1)c1ccccc1C1OCCO1. The summed E-state index contributed by atoms with van der Waals surface area (Å²) in [6.07, 6.45) is -0.369. The predicted octanol–water partition coefficient (Wildman–Crippen LogP) is 4.11. The summed E-state index contributed by atoms with van der Waals surface area (Å²) in [4.78, 5) is 0. The lowest BCUT2D eigenvalue weighted by atomic mass is 9.95. The lowest BCUT2D eigenvalue weighted by molar-refractivity contribution is -0.0442. The van der Waals surface area contributed by atoms with Gasteiger partial charge in [-0.25, -0.2) is 0 Å². The first-order valence-electron chi connectivity index (χ1n) is 8.63. The summed E-state index contributed by atoms with van der Waals surface area (Å²) in [5, 5.41) is 4.07. The van der Waals surface area contributed by atoms with Crippen LogP contribution < -0.4 is 5.84 Å². The van der Waals surface area contributed by atoms with E-state index < -0.39 is 0 Å². The molecule has 0 bridgehead atoms. The Bertz CT molecular complexity index is 899. The van der Waals surface area contributed by atoms with Crippen LogP contribution in [0.5, 0.6) is 0 Å². The molecule has 1 aliphatic heterocycles. The first kappa shape index (κ1) is 16.5. The van der Waals surface area contributed by atoms with Gasteiger partial charge in [0.1, 0.15) is 0 Å². The maximum Gasteiger partial charge on any atom is 0.184 e. The van der Waals surface area contributed by atoms with E-state index in [0.717, 1.165) is 28.0 Å². The van der Waals surface area contributed by atoms with Crippen molar-refractivity contribution >= 4 is 5.71 Å². The van der Waals surface area contributed by atoms with Crippen molar-refractivity contribution in [3.05, 3.63) is 95.6 Å². The Morgan fingerprint density at radius 3 is 2.08 bits per heavy atom. The zero-order valence-electron chi connectivity index (χ0n) is 14.3. The maximum absolute atomic E-state index is 5.76. The molecule has 3 aromatic rings. The van der Waals surface area contributed by atoms with Gasteiger partial charge in [-0.05, 0) is 11.1 Å². The smallest absolute Gasteiger partial charge is 0.184 e. The van der Waals surface area contributed by atoms with Crippen LogP contribution in [0.15, 0.2) is 84.0 Å². The molecule has 1 aliphatic rings. The van der Waals surface area contributed by atoms with Crippen molar-refractivity contribution in [1.82, 2.24) is 0 Å². The molecule has 4 rings (SSSR count). The van der Waals surface area contributed by atoms with E-state index >= 15 is 0 Å². The fourth-order valence-corrected chi connectivity index (χ4v) is 3.21. The Balaban J connectivity index is 1.69. The quantitative estimate of drug-likeness (QED) is 0.440. The third kappa shape index (κ3) is 3.25. The number of hydrazone groups is 1. The minimum Gasteiger partial charge on any atom is -0.346 e. The van der Waals surface area contributed by atoms with Gasteiger partial charge in [-0.15, -0.1) is 0 Å². The molecule has 130 valence electrons. The van der Waals surface area contributed by atoms with E-state index in [1.54, 1.807) is 0 Å². The first-order chi connectivity index (χ1) is 12.9. The predicted molar refractivity (Wildman–Crippen MR) is 103 cm³/mol. The van der Waals surface area contributed by atoms with Crippen molar-refractivity contribution in [3.8, 4) is 11.1 Å². The van der Waals surface area contributed by atoms with E-state index in [4.69, 9.17) is 15.3 Å². The maximum atomic E-state index is 5.76. The summed E-state index contributed by atoms with van der Waals surface area (Å²) in [6.45, 7) is 1.19. The van der Waals surface area contributed by atoms with Crippen LogP contribution >= 0.6 is 0 Å². The van der Waals surface area contributed by atoms with Gasteiger partial charge in [0.25, 0.3) is 0 Å². The number of rotatable bonds is 4. The molecule has 0 aromatic heterocycles. The van der Waals surface area contributed by atoms with Crippen molar-refractivity contribution in [1.29, 1.82) is 0 Å². The molecule has 1 saturated heterocycles. The molecule has 0 amide bonds. The fraction of sp³-hybridized carbons (Fsp3) is 0.136. The van der Waals surface area contributed by atoms with Crippen LogP contribution in [0.25, 0.3) is 11.1 Å². The van der Waals surface area contributed by atoms with Crippen LogP contribution in [0.2, 0.25) is 0 Å². The lowest BCUT2D eigenvalue weighted by Crippen LogP contribution is -2.12. The Kier molecular flexibility index (Phi) is 4.78. The third-order valence-electron chi connectivity index (χ3n) is 4.49. The highest BCUT2D eigenvalue weighted by Crippen LogP contribution is 2.28. The van der Waals surface area contributed by atoms with Crippen LogP contribution in [0.4, 0.5) is 0 Å². The minimum atomic E-state index is -0.369. The number of benzene rings is 3. The molecular formula is C22H20N2O2.